The van der Waals surface area contributed by atoms with E-state index in [0.29, 0.717) is 25.1 Å². The van der Waals surface area contributed by atoms with Crippen molar-refractivity contribution in [2.45, 2.75) is 20.3 Å². The molecule has 1 fully saturated rings. The van der Waals surface area contributed by atoms with Crippen LogP contribution in [-0.4, -0.2) is 41.5 Å². The van der Waals surface area contributed by atoms with E-state index in [-0.39, 0.29) is 24.4 Å². The summed E-state index contributed by atoms with van der Waals surface area (Å²) in [5.41, 5.74) is 2.32. The maximum absolute atomic E-state index is 12.2. The van der Waals surface area contributed by atoms with Gasteiger partial charge in [-0.1, -0.05) is 6.07 Å². The summed E-state index contributed by atoms with van der Waals surface area (Å²) in [5.74, 6) is -0.119. The standard InChI is InChI=1S/C18H20N2O3/c1-3-20-10-13(8-17(20)21)11-23-18(22)15-6-7-16-14(9-15)5-4-12(2)19-16/h4-7,9,13H,3,8,10-11H2,1-2H3/t13-/m1/s1. The van der Waals surface area contributed by atoms with Crippen molar-refractivity contribution in [1.29, 1.82) is 0 Å². The van der Waals surface area contributed by atoms with Crippen LogP contribution in [-0.2, 0) is 9.53 Å². The largest absolute Gasteiger partial charge is 0.462 e. The first-order valence-electron chi connectivity index (χ1n) is 7.89. The molecule has 2 heterocycles. The first kappa shape index (κ1) is 15.5. The second-order valence-electron chi connectivity index (χ2n) is 5.96. The number of hydrogen-bond donors (Lipinski definition) is 0. The number of ether oxygens (including phenoxy) is 1. The Kier molecular flexibility index (Phi) is 4.28. The van der Waals surface area contributed by atoms with Crippen LogP contribution in [0.2, 0.25) is 0 Å². The molecule has 0 spiro atoms. The van der Waals surface area contributed by atoms with Gasteiger partial charge in [0.2, 0.25) is 5.91 Å². The van der Waals surface area contributed by atoms with Crippen molar-refractivity contribution in [3.8, 4) is 0 Å². The molecule has 120 valence electrons. The Bertz CT molecular complexity index is 757. The lowest BCUT2D eigenvalue weighted by Crippen LogP contribution is -2.25. The quantitative estimate of drug-likeness (QED) is 0.814. The molecule has 1 saturated heterocycles. The molecule has 0 saturated carbocycles. The topological polar surface area (TPSA) is 59.5 Å². The minimum absolute atomic E-state index is 0.0937. The molecule has 0 radical (unpaired) electrons. The van der Waals surface area contributed by atoms with Gasteiger partial charge in [-0.2, -0.15) is 0 Å². The number of pyridine rings is 1. The summed E-state index contributed by atoms with van der Waals surface area (Å²) in [6.45, 7) is 5.55. The number of hydrogen-bond acceptors (Lipinski definition) is 4. The van der Waals surface area contributed by atoms with Gasteiger partial charge in [-0.05, 0) is 38.1 Å². The lowest BCUT2D eigenvalue weighted by atomic mass is 10.1. The average molecular weight is 312 g/mol. The molecule has 1 aliphatic rings. The number of aromatic nitrogens is 1. The molecular weight excluding hydrogens is 292 g/mol. The van der Waals surface area contributed by atoms with Gasteiger partial charge in [0.05, 0.1) is 17.7 Å². The van der Waals surface area contributed by atoms with E-state index in [0.717, 1.165) is 16.6 Å². The van der Waals surface area contributed by atoms with Crippen LogP contribution in [0.1, 0.15) is 29.4 Å². The van der Waals surface area contributed by atoms with Gasteiger partial charge in [-0.15, -0.1) is 0 Å². The lowest BCUT2D eigenvalue weighted by molar-refractivity contribution is -0.127. The molecule has 2 aromatic rings. The van der Waals surface area contributed by atoms with Crippen molar-refractivity contribution in [3.05, 3.63) is 41.6 Å². The monoisotopic (exact) mass is 312 g/mol. The maximum Gasteiger partial charge on any atom is 0.338 e. The molecule has 1 atom stereocenters. The van der Waals surface area contributed by atoms with Gasteiger partial charge in [0.25, 0.3) is 0 Å². The fraction of sp³-hybridized carbons (Fsp3) is 0.389. The summed E-state index contributed by atoms with van der Waals surface area (Å²) in [6, 6.07) is 9.22. The van der Waals surface area contributed by atoms with Crippen LogP contribution in [0.4, 0.5) is 0 Å². The number of benzene rings is 1. The molecular formula is C18H20N2O3. The minimum atomic E-state index is -0.352. The van der Waals surface area contributed by atoms with E-state index < -0.39 is 0 Å². The van der Waals surface area contributed by atoms with Crippen molar-refractivity contribution in [2.75, 3.05) is 19.7 Å². The predicted octanol–water partition coefficient (Wildman–Crippen LogP) is 2.57. The summed E-state index contributed by atoms with van der Waals surface area (Å²) in [7, 11) is 0. The van der Waals surface area contributed by atoms with E-state index in [9.17, 15) is 9.59 Å². The first-order valence-corrected chi connectivity index (χ1v) is 7.89. The fourth-order valence-electron chi connectivity index (χ4n) is 2.90. The molecule has 0 N–H and O–H groups in total. The van der Waals surface area contributed by atoms with Crippen LogP contribution in [0.15, 0.2) is 30.3 Å². The Morgan fingerprint density at radius 1 is 1.35 bits per heavy atom. The molecule has 0 bridgehead atoms. The predicted molar refractivity (Wildman–Crippen MR) is 87.1 cm³/mol. The first-order chi connectivity index (χ1) is 11.1. The number of esters is 1. The third kappa shape index (κ3) is 3.33. The molecule has 0 aliphatic carbocycles. The van der Waals surface area contributed by atoms with Crippen molar-refractivity contribution >= 4 is 22.8 Å². The Morgan fingerprint density at radius 3 is 2.91 bits per heavy atom. The molecule has 1 aromatic carbocycles. The maximum atomic E-state index is 12.2. The highest BCUT2D eigenvalue weighted by Gasteiger charge is 2.29. The molecule has 23 heavy (non-hydrogen) atoms. The number of rotatable bonds is 4. The van der Waals surface area contributed by atoms with Crippen LogP contribution in [0, 0.1) is 12.8 Å². The number of carbonyl (C=O) groups is 2. The van der Waals surface area contributed by atoms with Crippen molar-refractivity contribution < 1.29 is 14.3 Å². The van der Waals surface area contributed by atoms with E-state index in [1.54, 1.807) is 17.0 Å². The molecule has 5 nitrogen and oxygen atoms in total. The zero-order chi connectivity index (χ0) is 16.4. The number of nitrogens with zero attached hydrogens (tertiary/aromatic N) is 2. The Labute approximate surface area is 135 Å². The highest BCUT2D eigenvalue weighted by Crippen LogP contribution is 2.19. The van der Waals surface area contributed by atoms with E-state index >= 15 is 0 Å². The van der Waals surface area contributed by atoms with Gasteiger partial charge in [0.15, 0.2) is 0 Å². The Balaban J connectivity index is 1.64. The average Bonchev–Trinajstić information content (AvgIpc) is 2.92. The van der Waals surface area contributed by atoms with Crippen molar-refractivity contribution in [3.63, 3.8) is 0 Å². The number of fused-ring (bicyclic) bond motifs is 1. The lowest BCUT2D eigenvalue weighted by Gasteiger charge is -2.13. The van der Waals surface area contributed by atoms with Crippen molar-refractivity contribution in [2.24, 2.45) is 5.92 Å². The highest BCUT2D eigenvalue weighted by atomic mass is 16.5. The van der Waals surface area contributed by atoms with Crippen LogP contribution in [0.3, 0.4) is 0 Å². The zero-order valence-corrected chi connectivity index (χ0v) is 13.4. The van der Waals surface area contributed by atoms with Gasteiger partial charge < -0.3 is 9.64 Å². The van der Waals surface area contributed by atoms with E-state index in [1.807, 2.05) is 32.0 Å². The van der Waals surface area contributed by atoms with Gasteiger partial charge in [0, 0.05) is 36.5 Å². The third-order valence-corrected chi connectivity index (χ3v) is 4.19. The van der Waals surface area contributed by atoms with Gasteiger partial charge >= 0.3 is 5.97 Å². The molecule has 1 aromatic heterocycles. The summed E-state index contributed by atoms with van der Waals surface area (Å²) in [5, 5.41) is 0.915. The molecule has 5 heteroatoms. The van der Waals surface area contributed by atoms with E-state index in [2.05, 4.69) is 4.98 Å². The van der Waals surface area contributed by atoms with Crippen LogP contribution >= 0.6 is 0 Å². The fourth-order valence-corrected chi connectivity index (χ4v) is 2.90. The Hall–Kier alpha value is -2.43. The second-order valence-corrected chi connectivity index (χ2v) is 5.96. The summed E-state index contributed by atoms with van der Waals surface area (Å²) >= 11 is 0. The number of carbonyl (C=O) groups excluding carboxylic acids is 2. The molecule has 1 aliphatic heterocycles. The van der Waals surface area contributed by atoms with Gasteiger partial charge in [0.1, 0.15) is 0 Å². The van der Waals surface area contributed by atoms with Gasteiger partial charge in [-0.25, -0.2) is 4.79 Å². The zero-order valence-electron chi connectivity index (χ0n) is 13.4. The normalized spacial score (nSPS) is 17.7. The summed E-state index contributed by atoms with van der Waals surface area (Å²) in [6.07, 6.45) is 0.460. The number of aryl methyl sites for hydroxylation is 1. The van der Waals surface area contributed by atoms with Crippen LogP contribution in [0.25, 0.3) is 10.9 Å². The van der Waals surface area contributed by atoms with Crippen molar-refractivity contribution in [1.82, 2.24) is 9.88 Å². The van der Waals surface area contributed by atoms with E-state index in [4.69, 9.17) is 4.74 Å². The number of likely N-dealkylation sites (tertiary alicyclic amines) is 1. The molecule has 3 rings (SSSR count). The minimum Gasteiger partial charge on any atom is -0.462 e. The van der Waals surface area contributed by atoms with E-state index in [1.165, 1.54) is 0 Å². The Morgan fingerprint density at radius 2 is 2.17 bits per heavy atom. The number of amides is 1. The highest BCUT2D eigenvalue weighted by molar-refractivity contribution is 5.94. The summed E-state index contributed by atoms with van der Waals surface area (Å²) < 4.78 is 5.39. The summed E-state index contributed by atoms with van der Waals surface area (Å²) in [4.78, 5) is 30.1. The molecule has 1 amide bonds. The second kappa shape index (κ2) is 6.36. The molecule has 0 unspecified atom stereocenters. The van der Waals surface area contributed by atoms with Crippen LogP contribution in [0.5, 0.6) is 0 Å². The van der Waals surface area contributed by atoms with Crippen LogP contribution < -0.4 is 0 Å². The smallest absolute Gasteiger partial charge is 0.338 e. The van der Waals surface area contributed by atoms with Gasteiger partial charge in [-0.3, -0.25) is 9.78 Å². The third-order valence-electron chi connectivity index (χ3n) is 4.19. The SMILES string of the molecule is CCN1C[C@H](COC(=O)c2ccc3nc(C)ccc3c2)CC1=O.